The number of unbranched alkanes of at least 4 members (excludes halogenated alkanes) is 2. The zero-order valence-electron chi connectivity index (χ0n) is 7.70. The van der Waals surface area contributed by atoms with Crippen LogP contribution in [-0.4, -0.2) is 30.6 Å². The molecule has 0 aliphatic heterocycles. The van der Waals surface area contributed by atoms with Crippen molar-refractivity contribution in [3.63, 3.8) is 0 Å². The maximum absolute atomic E-state index is 10.1. The molecule has 0 rings (SSSR count). The lowest BCUT2D eigenvalue weighted by Crippen LogP contribution is -1.99. The SMILES string of the molecule is O=CCCCOCCCCC(=O)O. The fourth-order valence-corrected chi connectivity index (χ4v) is 0.851. The Labute approximate surface area is 77.9 Å². The van der Waals surface area contributed by atoms with E-state index in [-0.39, 0.29) is 6.42 Å². The summed E-state index contributed by atoms with van der Waals surface area (Å²) in [5.41, 5.74) is 0. The number of carboxylic acids is 1. The van der Waals surface area contributed by atoms with Crippen molar-refractivity contribution in [2.45, 2.75) is 32.1 Å². The third-order valence-corrected chi connectivity index (χ3v) is 1.54. The van der Waals surface area contributed by atoms with E-state index in [0.717, 1.165) is 19.1 Å². The average molecular weight is 188 g/mol. The topological polar surface area (TPSA) is 63.6 Å². The number of aldehydes is 1. The number of carbonyl (C=O) groups excluding carboxylic acids is 1. The van der Waals surface area contributed by atoms with Gasteiger partial charge in [-0.2, -0.15) is 0 Å². The number of hydrogen-bond donors (Lipinski definition) is 1. The van der Waals surface area contributed by atoms with Gasteiger partial charge >= 0.3 is 5.97 Å². The normalized spacial score (nSPS) is 9.85. The monoisotopic (exact) mass is 188 g/mol. The maximum Gasteiger partial charge on any atom is 0.303 e. The van der Waals surface area contributed by atoms with Crippen molar-refractivity contribution in [3.8, 4) is 0 Å². The van der Waals surface area contributed by atoms with Gasteiger partial charge < -0.3 is 14.6 Å². The van der Waals surface area contributed by atoms with E-state index in [2.05, 4.69) is 0 Å². The second-order valence-electron chi connectivity index (χ2n) is 2.77. The molecular formula is C9H16O4. The minimum Gasteiger partial charge on any atom is -0.481 e. The van der Waals surface area contributed by atoms with E-state index in [4.69, 9.17) is 9.84 Å². The van der Waals surface area contributed by atoms with Gasteiger partial charge in [0.25, 0.3) is 0 Å². The van der Waals surface area contributed by atoms with Gasteiger partial charge in [-0.3, -0.25) is 4.79 Å². The highest BCUT2D eigenvalue weighted by Crippen LogP contribution is 1.96. The van der Waals surface area contributed by atoms with E-state index in [1.807, 2.05) is 0 Å². The number of ether oxygens (including phenoxy) is 1. The standard InChI is InChI=1S/C9H16O4/c10-6-2-4-8-13-7-3-1-5-9(11)12/h6H,1-5,7-8H2,(H,11,12). The summed E-state index contributed by atoms with van der Waals surface area (Å²) in [5, 5.41) is 8.31. The molecule has 0 amide bonds. The smallest absolute Gasteiger partial charge is 0.303 e. The lowest BCUT2D eigenvalue weighted by atomic mass is 10.2. The van der Waals surface area contributed by atoms with Crippen LogP contribution in [0.1, 0.15) is 32.1 Å². The van der Waals surface area contributed by atoms with Gasteiger partial charge in [0.05, 0.1) is 0 Å². The molecule has 0 radical (unpaired) electrons. The van der Waals surface area contributed by atoms with Crippen LogP contribution in [0, 0.1) is 0 Å². The summed E-state index contributed by atoms with van der Waals surface area (Å²) in [6.45, 7) is 1.18. The molecule has 0 aliphatic carbocycles. The average Bonchev–Trinajstić information content (AvgIpc) is 2.09. The Balaban J connectivity index is 2.91. The number of hydrogen-bond acceptors (Lipinski definition) is 3. The van der Waals surface area contributed by atoms with Crippen LogP contribution in [-0.2, 0) is 14.3 Å². The number of rotatable bonds is 9. The minimum atomic E-state index is -0.763. The highest BCUT2D eigenvalue weighted by molar-refractivity contribution is 5.66. The largest absolute Gasteiger partial charge is 0.481 e. The second kappa shape index (κ2) is 9.19. The summed E-state index contributed by atoms with van der Waals surface area (Å²) in [6, 6.07) is 0. The number of carbonyl (C=O) groups is 2. The molecule has 76 valence electrons. The van der Waals surface area contributed by atoms with Gasteiger partial charge in [-0.05, 0) is 19.3 Å². The molecule has 0 saturated carbocycles. The summed E-state index contributed by atoms with van der Waals surface area (Å²) in [6.07, 6.45) is 3.79. The molecule has 13 heavy (non-hydrogen) atoms. The molecular weight excluding hydrogens is 172 g/mol. The third-order valence-electron chi connectivity index (χ3n) is 1.54. The van der Waals surface area contributed by atoms with E-state index in [9.17, 15) is 9.59 Å². The van der Waals surface area contributed by atoms with Crippen molar-refractivity contribution >= 4 is 12.3 Å². The van der Waals surface area contributed by atoms with Crippen LogP contribution >= 0.6 is 0 Å². The first-order valence-electron chi connectivity index (χ1n) is 4.50. The minimum absolute atomic E-state index is 0.206. The van der Waals surface area contributed by atoms with Crippen molar-refractivity contribution in [1.82, 2.24) is 0 Å². The van der Waals surface area contributed by atoms with Gasteiger partial charge in [0.15, 0.2) is 0 Å². The maximum atomic E-state index is 10.1. The van der Waals surface area contributed by atoms with E-state index >= 15 is 0 Å². The van der Waals surface area contributed by atoms with Crippen LogP contribution in [0.3, 0.4) is 0 Å². The zero-order valence-corrected chi connectivity index (χ0v) is 7.70. The van der Waals surface area contributed by atoms with Crippen molar-refractivity contribution in [2.24, 2.45) is 0 Å². The molecule has 4 nitrogen and oxygen atoms in total. The molecule has 0 fully saturated rings. The van der Waals surface area contributed by atoms with Gasteiger partial charge in [0.2, 0.25) is 0 Å². The molecule has 0 atom stereocenters. The Kier molecular flexibility index (Phi) is 8.55. The first kappa shape index (κ1) is 12.1. The fourth-order valence-electron chi connectivity index (χ4n) is 0.851. The second-order valence-corrected chi connectivity index (χ2v) is 2.77. The van der Waals surface area contributed by atoms with Crippen LogP contribution in [0.5, 0.6) is 0 Å². The molecule has 0 saturated heterocycles. The first-order chi connectivity index (χ1) is 6.27. The Morgan fingerprint density at radius 1 is 1.23 bits per heavy atom. The summed E-state index contributed by atoms with van der Waals surface area (Å²) >= 11 is 0. The molecule has 0 bridgehead atoms. The van der Waals surface area contributed by atoms with Gasteiger partial charge in [-0.15, -0.1) is 0 Å². The lowest BCUT2D eigenvalue weighted by molar-refractivity contribution is -0.137. The highest BCUT2D eigenvalue weighted by atomic mass is 16.5. The zero-order chi connectivity index (χ0) is 9.94. The van der Waals surface area contributed by atoms with Crippen LogP contribution < -0.4 is 0 Å². The van der Waals surface area contributed by atoms with Gasteiger partial charge in [-0.25, -0.2) is 0 Å². The Hall–Kier alpha value is -0.900. The molecule has 0 heterocycles. The predicted octanol–water partition coefficient (Wildman–Crippen LogP) is 1.24. The fraction of sp³-hybridized carbons (Fsp3) is 0.778. The molecule has 0 spiro atoms. The summed E-state index contributed by atoms with van der Waals surface area (Å²) in [5.74, 6) is -0.763. The molecule has 0 aromatic carbocycles. The molecule has 0 unspecified atom stereocenters. The van der Waals surface area contributed by atoms with Gasteiger partial charge in [0.1, 0.15) is 6.29 Å². The van der Waals surface area contributed by atoms with E-state index in [1.54, 1.807) is 0 Å². The number of carboxylic acid groups (broad SMARTS) is 1. The van der Waals surface area contributed by atoms with E-state index in [1.165, 1.54) is 0 Å². The van der Waals surface area contributed by atoms with Crippen LogP contribution in [0.4, 0.5) is 0 Å². The van der Waals surface area contributed by atoms with E-state index in [0.29, 0.717) is 26.1 Å². The molecule has 0 aromatic heterocycles. The quantitative estimate of drug-likeness (QED) is 0.436. The molecule has 4 heteroatoms. The Bertz CT molecular complexity index is 145. The van der Waals surface area contributed by atoms with Crippen molar-refractivity contribution in [1.29, 1.82) is 0 Å². The molecule has 0 aromatic rings. The summed E-state index contributed by atoms with van der Waals surface area (Å²) < 4.78 is 5.17. The van der Waals surface area contributed by atoms with Crippen LogP contribution in [0.25, 0.3) is 0 Å². The predicted molar refractivity (Wildman–Crippen MR) is 47.6 cm³/mol. The summed E-state index contributed by atoms with van der Waals surface area (Å²) in [4.78, 5) is 20.0. The number of aliphatic carboxylic acids is 1. The van der Waals surface area contributed by atoms with E-state index < -0.39 is 5.97 Å². The van der Waals surface area contributed by atoms with Crippen molar-refractivity contribution in [3.05, 3.63) is 0 Å². The first-order valence-corrected chi connectivity index (χ1v) is 4.50. The molecule has 0 aliphatic rings. The lowest BCUT2D eigenvalue weighted by Gasteiger charge is -2.01. The third kappa shape index (κ3) is 11.1. The van der Waals surface area contributed by atoms with Crippen LogP contribution in [0.2, 0.25) is 0 Å². The Morgan fingerprint density at radius 2 is 1.92 bits per heavy atom. The van der Waals surface area contributed by atoms with Gasteiger partial charge in [0, 0.05) is 26.1 Å². The highest BCUT2D eigenvalue weighted by Gasteiger charge is 1.95. The van der Waals surface area contributed by atoms with Crippen molar-refractivity contribution in [2.75, 3.05) is 13.2 Å². The molecule has 1 N–H and O–H groups in total. The Morgan fingerprint density at radius 3 is 2.54 bits per heavy atom. The van der Waals surface area contributed by atoms with Gasteiger partial charge in [-0.1, -0.05) is 0 Å². The summed E-state index contributed by atoms with van der Waals surface area (Å²) in [7, 11) is 0. The van der Waals surface area contributed by atoms with Crippen LogP contribution in [0.15, 0.2) is 0 Å². The van der Waals surface area contributed by atoms with Crippen molar-refractivity contribution < 1.29 is 19.4 Å².